The normalized spacial score (nSPS) is 14.2. The number of hydrogen-bond acceptors (Lipinski definition) is 7. The van der Waals surface area contributed by atoms with Gasteiger partial charge in [0.05, 0.1) is 30.3 Å². The molecule has 2 amide bonds. The molecular formula is C28H24N4O6S. The van der Waals surface area contributed by atoms with Crippen molar-refractivity contribution < 1.29 is 24.6 Å². The zero-order valence-corrected chi connectivity index (χ0v) is 21.6. The van der Waals surface area contributed by atoms with Crippen LogP contribution in [0.4, 0.5) is 0 Å². The molecule has 0 bridgehead atoms. The number of benzene rings is 2. The van der Waals surface area contributed by atoms with Crippen LogP contribution in [0, 0.1) is 0 Å². The number of aromatic nitrogens is 2. The number of aliphatic carboxylic acids is 1. The molecule has 11 heteroatoms. The number of nitrogens with one attached hydrogen (secondary N) is 1. The van der Waals surface area contributed by atoms with Crippen molar-refractivity contribution in [3.63, 3.8) is 0 Å². The van der Waals surface area contributed by atoms with Crippen LogP contribution in [0.1, 0.15) is 50.6 Å². The summed E-state index contributed by atoms with van der Waals surface area (Å²) in [6.45, 7) is 1.04. The molecule has 1 unspecified atom stereocenters. The Morgan fingerprint density at radius 1 is 1.08 bits per heavy atom. The molecule has 1 atom stereocenters. The topological polar surface area (TPSA) is 142 Å². The maximum atomic E-state index is 13.7. The number of carboxylic acids is 1. The van der Waals surface area contributed by atoms with Crippen LogP contribution in [-0.4, -0.2) is 49.0 Å². The number of carbonyl (C=O) groups is 3. The Morgan fingerprint density at radius 3 is 2.41 bits per heavy atom. The molecule has 3 heterocycles. The zero-order chi connectivity index (χ0) is 27.7. The largest absolute Gasteiger partial charge is 0.506 e. The molecular weight excluding hydrogens is 520 g/mol. The van der Waals surface area contributed by atoms with Crippen molar-refractivity contribution >= 4 is 29.1 Å². The summed E-state index contributed by atoms with van der Waals surface area (Å²) in [7, 11) is 0. The molecule has 0 spiro atoms. The lowest BCUT2D eigenvalue weighted by Crippen LogP contribution is -2.37. The molecule has 198 valence electrons. The van der Waals surface area contributed by atoms with Crippen LogP contribution in [0.5, 0.6) is 5.75 Å². The van der Waals surface area contributed by atoms with Crippen LogP contribution >= 0.6 is 11.3 Å². The lowest BCUT2D eigenvalue weighted by molar-refractivity contribution is -0.135. The van der Waals surface area contributed by atoms with Gasteiger partial charge in [0.2, 0.25) is 0 Å². The first-order valence-electron chi connectivity index (χ1n) is 12.1. The van der Waals surface area contributed by atoms with Gasteiger partial charge in [-0.2, -0.15) is 0 Å². The molecule has 0 fully saturated rings. The number of hydrogen-bond donors (Lipinski definition) is 3. The molecule has 5 rings (SSSR count). The predicted molar refractivity (Wildman–Crippen MR) is 144 cm³/mol. The minimum absolute atomic E-state index is 0.0505. The summed E-state index contributed by atoms with van der Waals surface area (Å²) in [5.74, 6) is -3.24. The number of pyridine rings is 1. The smallest absolute Gasteiger partial charge is 0.322 e. The van der Waals surface area contributed by atoms with Crippen LogP contribution in [0.15, 0.2) is 70.3 Å². The van der Waals surface area contributed by atoms with E-state index in [2.05, 4.69) is 10.3 Å². The standard InChI is InChI=1S/C28H24N4O6S/c1-16-24-20(13-31(16)27(37)21-14-39-15-30-21)25(35)23(26(36)29-11-22(33)34)28(38)32(24)12-17-7-9-19(10-8-17)18-5-3-2-4-6-18/h2-10,14-16,35H,11-13H2,1H3,(H,29,36)(H,33,34). The molecule has 10 nitrogen and oxygen atoms in total. The van der Waals surface area contributed by atoms with E-state index in [1.54, 1.807) is 17.8 Å². The van der Waals surface area contributed by atoms with Gasteiger partial charge in [0, 0.05) is 10.9 Å². The van der Waals surface area contributed by atoms with Gasteiger partial charge in [-0.3, -0.25) is 19.2 Å². The number of aromatic hydroxyl groups is 1. The van der Waals surface area contributed by atoms with E-state index >= 15 is 0 Å². The van der Waals surface area contributed by atoms with E-state index in [4.69, 9.17) is 5.11 Å². The first kappa shape index (κ1) is 25.9. The van der Waals surface area contributed by atoms with Crippen molar-refractivity contribution in [1.82, 2.24) is 19.8 Å². The number of fused-ring (bicyclic) bond motifs is 1. The van der Waals surface area contributed by atoms with Crippen LogP contribution < -0.4 is 10.9 Å². The summed E-state index contributed by atoms with van der Waals surface area (Å²) in [6, 6.07) is 16.8. The Balaban J connectivity index is 1.57. The molecule has 1 aliphatic heterocycles. The van der Waals surface area contributed by atoms with Crippen LogP contribution in [0.25, 0.3) is 11.1 Å². The number of thiazole rings is 1. The summed E-state index contributed by atoms with van der Waals surface area (Å²) in [6.07, 6.45) is 0. The van der Waals surface area contributed by atoms with Crippen LogP contribution in [-0.2, 0) is 17.9 Å². The highest BCUT2D eigenvalue weighted by Gasteiger charge is 2.39. The average molecular weight is 545 g/mol. The molecule has 0 aliphatic carbocycles. The third-order valence-electron chi connectivity index (χ3n) is 6.71. The van der Waals surface area contributed by atoms with E-state index < -0.39 is 41.3 Å². The second kappa shape index (κ2) is 10.5. The minimum atomic E-state index is -1.29. The fourth-order valence-electron chi connectivity index (χ4n) is 4.80. The van der Waals surface area contributed by atoms with Gasteiger partial charge in [-0.25, -0.2) is 4.98 Å². The van der Waals surface area contributed by atoms with Gasteiger partial charge in [0.25, 0.3) is 17.4 Å². The van der Waals surface area contributed by atoms with Gasteiger partial charge in [0.15, 0.2) is 0 Å². The maximum Gasteiger partial charge on any atom is 0.322 e. The first-order valence-corrected chi connectivity index (χ1v) is 13.0. The van der Waals surface area contributed by atoms with Gasteiger partial charge < -0.3 is 25.0 Å². The van der Waals surface area contributed by atoms with Crippen LogP contribution in [0.3, 0.4) is 0 Å². The molecule has 0 saturated carbocycles. The van der Waals surface area contributed by atoms with E-state index in [9.17, 15) is 24.3 Å². The van der Waals surface area contributed by atoms with Crippen molar-refractivity contribution in [3.8, 4) is 16.9 Å². The lowest BCUT2D eigenvalue weighted by Gasteiger charge is -2.22. The van der Waals surface area contributed by atoms with Crippen LogP contribution in [0.2, 0.25) is 0 Å². The van der Waals surface area contributed by atoms with Gasteiger partial charge in [-0.05, 0) is 23.6 Å². The SMILES string of the molecule is CC1c2c(c(O)c(C(=O)NCC(=O)O)c(=O)n2Cc2ccc(-c3ccccc3)cc2)CN1C(=O)c1cscn1. The Morgan fingerprint density at radius 2 is 1.77 bits per heavy atom. The second-order valence-electron chi connectivity index (χ2n) is 9.10. The number of carbonyl (C=O) groups excluding carboxylic acids is 2. The summed E-state index contributed by atoms with van der Waals surface area (Å²) in [5.41, 5.74) is 3.89. The Labute approximate surface area is 226 Å². The fraction of sp³-hybridized carbons (Fsp3) is 0.179. The van der Waals surface area contributed by atoms with Gasteiger partial charge in [-0.1, -0.05) is 54.6 Å². The van der Waals surface area contributed by atoms with Crippen molar-refractivity contribution in [3.05, 3.63) is 104 Å². The Bertz CT molecular complexity index is 1610. The third-order valence-corrected chi connectivity index (χ3v) is 7.30. The Kier molecular flexibility index (Phi) is 6.99. The lowest BCUT2D eigenvalue weighted by atomic mass is 10.0. The van der Waals surface area contributed by atoms with E-state index in [0.717, 1.165) is 16.7 Å². The number of amides is 2. The second-order valence-corrected chi connectivity index (χ2v) is 9.82. The quantitative estimate of drug-likeness (QED) is 0.324. The molecule has 2 aromatic heterocycles. The molecule has 3 N–H and O–H groups in total. The molecule has 39 heavy (non-hydrogen) atoms. The number of nitrogens with zero attached hydrogens (tertiary/aromatic N) is 3. The van der Waals surface area contributed by atoms with E-state index in [1.807, 2.05) is 54.6 Å². The molecule has 0 radical (unpaired) electrons. The molecule has 0 saturated heterocycles. The zero-order valence-electron chi connectivity index (χ0n) is 20.8. The summed E-state index contributed by atoms with van der Waals surface area (Å²) in [5, 5.41) is 23.8. The molecule has 2 aromatic carbocycles. The van der Waals surface area contributed by atoms with E-state index in [0.29, 0.717) is 5.69 Å². The maximum absolute atomic E-state index is 13.7. The minimum Gasteiger partial charge on any atom is -0.506 e. The van der Waals surface area contributed by atoms with Crippen molar-refractivity contribution in [2.75, 3.05) is 6.54 Å². The highest BCUT2D eigenvalue weighted by atomic mass is 32.1. The Hall–Kier alpha value is -4.77. The monoisotopic (exact) mass is 544 g/mol. The number of carboxylic acid groups (broad SMARTS) is 1. The van der Waals surface area contributed by atoms with Gasteiger partial charge >= 0.3 is 5.97 Å². The summed E-state index contributed by atoms with van der Waals surface area (Å²) in [4.78, 5) is 56.2. The predicted octanol–water partition coefficient (Wildman–Crippen LogP) is 3.26. The van der Waals surface area contributed by atoms with Crippen molar-refractivity contribution in [2.45, 2.75) is 26.1 Å². The molecule has 1 aliphatic rings. The van der Waals surface area contributed by atoms with Crippen molar-refractivity contribution in [2.24, 2.45) is 0 Å². The fourth-order valence-corrected chi connectivity index (χ4v) is 5.33. The molecule has 4 aromatic rings. The highest BCUT2D eigenvalue weighted by Crippen LogP contribution is 2.39. The summed E-state index contributed by atoms with van der Waals surface area (Å²) < 4.78 is 1.38. The van der Waals surface area contributed by atoms with Gasteiger partial charge in [-0.15, -0.1) is 11.3 Å². The highest BCUT2D eigenvalue weighted by molar-refractivity contribution is 7.07. The van der Waals surface area contributed by atoms with Crippen molar-refractivity contribution in [1.29, 1.82) is 0 Å². The van der Waals surface area contributed by atoms with E-state index in [1.165, 1.54) is 20.8 Å². The number of rotatable bonds is 7. The first-order chi connectivity index (χ1) is 18.8. The average Bonchev–Trinajstić information content (AvgIpc) is 3.59. The third kappa shape index (κ3) is 4.91. The van der Waals surface area contributed by atoms with Gasteiger partial charge in [0.1, 0.15) is 23.6 Å². The summed E-state index contributed by atoms with van der Waals surface area (Å²) >= 11 is 1.27. The van der Waals surface area contributed by atoms with E-state index in [-0.39, 0.29) is 30.3 Å².